The van der Waals surface area contributed by atoms with E-state index < -0.39 is 0 Å². The fraction of sp³-hybridized carbons (Fsp3) is 0.500. The van der Waals surface area contributed by atoms with Gasteiger partial charge in [-0.25, -0.2) is 0 Å². The number of likely N-dealkylation sites (tertiary alicyclic amines) is 1. The third kappa shape index (κ3) is 4.56. The van der Waals surface area contributed by atoms with Crippen LogP contribution in [0.4, 0.5) is 0 Å². The number of amides is 2. The molecular formula is C16H21BrN2O2. The lowest BCUT2D eigenvalue weighted by Crippen LogP contribution is -2.34. The van der Waals surface area contributed by atoms with E-state index in [1.807, 2.05) is 24.3 Å². The quantitative estimate of drug-likeness (QED) is 0.885. The van der Waals surface area contributed by atoms with E-state index in [0.29, 0.717) is 32.0 Å². The van der Waals surface area contributed by atoms with E-state index in [9.17, 15) is 9.59 Å². The van der Waals surface area contributed by atoms with Gasteiger partial charge in [-0.1, -0.05) is 41.9 Å². The van der Waals surface area contributed by atoms with Crippen molar-refractivity contribution in [1.82, 2.24) is 10.2 Å². The van der Waals surface area contributed by atoms with Crippen molar-refractivity contribution in [3.63, 3.8) is 0 Å². The highest BCUT2D eigenvalue weighted by Crippen LogP contribution is 2.21. The average molecular weight is 353 g/mol. The van der Waals surface area contributed by atoms with Crippen LogP contribution in [0.3, 0.4) is 0 Å². The first-order valence-electron chi connectivity index (χ1n) is 7.25. The molecule has 0 bridgehead atoms. The van der Waals surface area contributed by atoms with Gasteiger partial charge in [0.2, 0.25) is 11.8 Å². The van der Waals surface area contributed by atoms with E-state index in [2.05, 4.69) is 35.1 Å². The number of nitrogens with zero attached hydrogens (tertiary/aromatic N) is 1. The first-order chi connectivity index (χ1) is 9.95. The van der Waals surface area contributed by atoms with Crippen molar-refractivity contribution in [3.8, 4) is 0 Å². The zero-order valence-electron chi connectivity index (χ0n) is 12.4. The monoisotopic (exact) mass is 352 g/mol. The molecule has 2 amide bonds. The van der Waals surface area contributed by atoms with Gasteiger partial charge in [0.25, 0.3) is 0 Å². The molecule has 0 aliphatic carbocycles. The number of halogens is 1. The molecule has 1 aliphatic rings. The Labute approximate surface area is 134 Å². The van der Waals surface area contributed by atoms with E-state index in [-0.39, 0.29) is 17.7 Å². The highest BCUT2D eigenvalue weighted by atomic mass is 79.9. The lowest BCUT2D eigenvalue weighted by molar-refractivity contribution is -0.129. The number of benzene rings is 1. The first kappa shape index (κ1) is 16.0. The summed E-state index contributed by atoms with van der Waals surface area (Å²) in [5.41, 5.74) is 1.07. The van der Waals surface area contributed by atoms with Gasteiger partial charge in [-0.05, 0) is 23.6 Å². The van der Waals surface area contributed by atoms with Crippen molar-refractivity contribution >= 4 is 27.7 Å². The molecule has 1 aromatic rings. The summed E-state index contributed by atoms with van der Waals surface area (Å²) >= 11 is 3.43. The maximum Gasteiger partial charge on any atom is 0.225 e. The summed E-state index contributed by atoms with van der Waals surface area (Å²) in [7, 11) is 0. The molecule has 21 heavy (non-hydrogen) atoms. The Bertz CT molecular complexity index is 531. The van der Waals surface area contributed by atoms with Crippen molar-refractivity contribution < 1.29 is 9.59 Å². The van der Waals surface area contributed by atoms with Crippen LogP contribution in [0.1, 0.15) is 25.8 Å². The van der Waals surface area contributed by atoms with Crippen LogP contribution in [0.15, 0.2) is 28.7 Å². The summed E-state index contributed by atoms with van der Waals surface area (Å²) in [4.78, 5) is 25.9. The van der Waals surface area contributed by atoms with Crippen molar-refractivity contribution in [2.45, 2.75) is 26.8 Å². The van der Waals surface area contributed by atoms with Gasteiger partial charge in [0, 0.05) is 30.5 Å². The minimum Gasteiger partial charge on any atom is -0.356 e. The molecule has 114 valence electrons. The summed E-state index contributed by atoms with van der Waals surface area (Å²) in [6, 6.07) is 7.90. The normalized spacial score (nSPS) is 18.4. The Hall–Kier alpha value is -1.36. The second-order valence-electron chi connectivity index (χ2n) is 5.94. The SMILES string of the molecule is CC(C)CNC(=O)C1CC(=O)N(Cc2cccc(Br)c2)C1. The second kappa shape index (κ2) is 7.07. The van der Waals surface area contributed by atoms with Crippen molar-refractivity contribution in [2.75, 3.05) is 13.1 Å². The molecule has 1 aromatic carbocycles. The van der Waals surface area contributed by atoms with Crippen molar-refractivity contribution in [2.24, 2.45) is 11.8 Å². The molecule has 1 N–H and O–H groups in total. The van der Waals surface area contributed by atoms with Crippen LogP contribution in [-0.2, 0) is 16.1 Å². The van der Waals surface area contributed by atoms with Gasteiger partial charge in [-0.3, -0.25) is 9.59 Å². The molecule has 1 saturated heterocycles. The van der Waals surface area contributed by atoms with Gasteiger partial charge in [0.05, 0.1) is 5.92 Å². The second-order valence-corrected chi connectivity index (χ2v) is 6.86. The predicted octanol–water partition coefficient (Wildman–Crippen LogP) is 2.57. The van der Waals surface area contributed by atoms with E-state index in [4.69, 9.17) is 0 Å². The summed E-state index contributed by atoms with van der Waals surface area (Å²) in [5, 5.41) is 2.91. The number of nitrogens with one attached hydrogen (secondary N) is 1. The zero-order chi connectivity index (χ0) is 15.4. The molecule has 4 nitrogen and oxygen atoms in total. The largest absolute Gasteiger partial charge is 0.356 e. The summed E-state index contributed by atoms with van der Waals surface area (Å²) in [6.07, 6.45) is 0.317. The Morgan fingerprint density at radius 2 is 2.24 bits per heavy atom. The molecule has 1 fully saturated rings. The van der Waals surface area contributed by atoms with E-state index >= 15 is 0 Å². The van der Waals surface area contributed by atoms with E-state index in [1.165, 1.54) is 0 Å². The number of hydrogen-bond donors (Lipinski definition) is 1. The van der Waals surface area contributed by atoms with Gasteiger partial charge in [0.15, 0.2) is 0 Å². The lowest BCUT2D eigenvalue weighted by Gasteiger charge is -2.17. The first-order valence-corrected chi connectivity index (χ1v) is 8.05. The van der Waals surface area contributed by atoms with Crippen LogP contribution >= 0.6 is 15.9 Å². The maximum atomic E-state index is 12.1. The summed E-state index contributed by atoms with van der Waals surface area (Å²) in [5.74, 6) is 0.251. The van der Waals surface area contributed by atoms with Crippen LogP contribution in [-0.4, -0.2) is 29.8 Å². The Kier molecular flexibility index (Phi) is 5.39. The Morgan fingerprint density at radius 3 is 2.90 bits per heavy atom. The molecule has 1 heterocycles. The molecule has 1 unspecified atom stereocenters. The molecule has 2 rings (SSSR count). The molecule has 0 spiro atoms. The van der Waals surface area contributed by atoms with Gasteiger partial charge < -0.3 is 10.2 Å². The van der Waals surface area contributed by atoms with Gasteiger partial charge in [-0.15, -0.1) is 0 Å². The van der Waals surface area contributed by atoms with Gasteiger partial charge in [-0.2, -0.15) is 0 Å². The van der Waals surface area contributed by atoms with Crippen LogP contribution in [0.2, 0.25) is 0 Å². The molecule has 0 saturated carbocycles. The van der Waals surface area contributed by atoms with Gasteiger partial charge >= 0.3 is 0 Å². The molecule has 0 radical (unpaired) electrons. The Morgan fingerprint density at radius 1 is 1.48 bits per heavy atom. The van der Waals surface area contributed by atoms with E-state index in [0.717, 1.165) is 10.0 Å². The van der Waals surface area contributed by atoms with Crippen LogP contribution in [0.5, 0.6) is 0 Å². The minimum absolute atomic E-state index is 0.00575. The fourth-order valence-corrected chi connectivity index (χ4v) is 2.85. The lowest BCUT2D eigenvalue weighted by atomic mass is 10.1. The van der Waals surface area contributed by atoms with Gasteiger partial charge in [0.1, 0.15) is 0 Å². The average Bonchev–Trinajstić information content (AvgIpc) is 2.77. The molecule has 1 atom stereocenters. The topological polar surface area (TPSA) is 49.4 Å². The smallest absolute Gasteiger partial charge is 0.225 e. The number of rotatable bonds is 5. The predicted molar refractivity (Wildman–Crippen MR) is 85.5 cm³/mol. The number of carbonyl (C=O) groups excluding carboxylic acids is 2. The standard InChI is InChI=1S/C16H21BrN2O2/c1-11(2)8-18-16(21)13-7-15(20)19(10-13)9-12-4-3-5-14(17)6-12/h3-6,11,13H,7-10H2,1-2H3,(H,18,21). The number of carbonyl (C=O) groups is 2. The van der Waals surface area contributed by atoms with E-state index in [1.54, 1.807) is 4.90 Å². The fourth-order valence-electron chi connectivity index (χ4n) is 2.41. The highest BCUT2D eigenvalue weighted by molar-refractivity contribution is 9.10. The van der Waals surface area contributed by atoms with Crippen LogP contribution in [0.25, 0.3) is 0 Å². The summed E-state index contributed by atoms with van der Waals surface area (Å²) < 4.78 is 0.998. The zero-order valence-corrected chi connectivity index (χ0v) is 14.0. The highest BCUT2D eigenvalue weighted by Gasteiger charge is 2.34. The maximum absolute atomic E-state index is 12.1. The van der Waals surface area contributed by atoms with Crippen LogP contribution < -0.4 is 5.32 Å². The summed E-state index contributed by atoms with van der Waals surface area (Å²) in [6.45, 7) is 5.84. The molecule has 1 aliphatic heterocycles. The molecule has 5 heteroatoms. The molecule has 0 aromatic heterocycles. The van der Waals surface area contributed by atoms with Crippen molar-refractivity contribution in [1.29, 1.82) is 0 Å². The third-order valence-electron chi connectivity index (χ3n) is 3.53. The van der Waals surface area contributed by atoms with Crippen molar-refractivity contribution in [3.05, 3.63) is 34.3 Å². The Balaban J connectivity index is 1.92. The minimum atomic E-state index is -0.219. The molecular weight excluding hydrogens is 332 g/mol. The third-order valence-corrected chi connectivity index (χ3v) is 4.03. The van der Waals surface area contributed by atoms with Crippen LogP contribution in [0, 0.1) is 11.8 Å². The number of hydrogen-bond acceptors (Lipinski definition) is 2.